The predicted molar refractivity (Wildman–Crippen MR) is 117 cm³/mol. The summed E-state index contributed by atoms with van der Waals surface area (Å²) in [4.78, 5) is 19.2. The minimum atomic E-state index is -0.168. The van der Waals surface area contributed by atoms with E-state index in [2.05, 4.69) is 44.1 Å². The number of imidazole rings is 1. The Morgan fingerprint density at radius 2 is 1.46 bits per heavy atom. The fourth-order valence-corrected chi connectivity index (χ4v) is 4.06. The summed E-state index contributed by atoms with van der Waals surface area (Å²) in [5.41, 5.74) is 5.48. The molecular weight excluding hydrogens is 414 g/mol. The number of hydrogen-bond acceptors (Lipinski definition) is 1. The van der Waals surface area contributed by atoms with Crippen molar-refractivity contribution in [3.63, 3.8) is 0 Å². The fourth-order valence-electron chi connectivity index (χ4n) is 3.56. The minimum Gasteiger partial charge on any atom is -0.340 e. The largest absolute Gasteiger partial charge is 0.340 e. The number of nitrogens with zero attached hydrogens (tertiary/aromatic N) is 1. The van der Waals surface area contributed by atoms with Crippen LogP contribution in [-0.4, -0.2) is 14.5 Å². The van der Waals surface area contributed by atoms with Gasteiger partial charge < -0.3 is 9.97 Å². The lowest BCUT2D eigenvalue weighted by Crippen LogP contribution is -2.15. The number of hydrogen-bond donors (Lipinski definition) is 2. The maximum Gasteiger partial charge on any atom is 0.332 e. The molecule has 0 radical (unpaired) electrons. The monoisotopic (exact) mass is 429 g/mol. The normalized spacial score (nSPS) is 11.2. The summed E-state index contributed by atoms with van der Waals surface area (Å²) in [6.45, 7) is 0. The van der Waals surface area contributed by atoms with E-state index in [1.807, 2.05) is 66.7 Å². The van der Waals surface area contributed by atoms with Crippen LogP contribution in [0, 0.1) is 0 Å². The van der Waals surface area contributed by atoms with Crippen molar-refractivity contribution in [2.24, 2.45) is 0 Å². The Balaban J connectivity index is 1.83. The lowest BCUT2D eigenvalue weighted by atomic mass is 10.1. The molecule has 0 amide bonds. The molecule has 0 saturated heterocycles. The van der Waals surface area contributed by atoms with Crippen LogP contribution in [0.2, 0.25) is 0 Å². The van der Waals surface area contributed by atoms with E-state index in [1.165, 1.54) is 0 Å². The molecule has 0 aliphatic heterocycles. The van der Waals surface area contributed by atoms with Crippen LogP contribution >= 0.6 is 15.9 Å². The quantitative estimate of drug-likeness (QED) is 0.377. The van der Waals surface area contributed by atoms with Gasteiger partial charge >= 0.3 is 5.69 Å². The van der Waals surface area contributed by atoms with E-state index in [-0.39, 0.29) is 5.69 Å². The molecule has 0 aliphatic carbocycles. The van der Waals surface area contributed by atoms with E-state index in [0.29, 0.717) is 0 Å². The zero-order valence-corrected chi connectivity index (χ0v) is 16.4. The third kappa shape index (κ3) is 2.72. The van der Waals surface area contributed by atoms with Gasteiger partial charge in [0.1, 0.15) is 5.82 Å². The fraction of sp³-hybridized carbons (Fsp3) is 0. The highest BCUT2D eigenvalue weighted by Gasteiger charge is 2.18. The maximum absolute atomic E-state index is 12.8. The Morgan fingerprint density at radius 1 is 0.750 bits per heavy atom. The molecule has 0 aliphatic rings. The van der Waals surface area contributed by atoms with Gasteiger partial charge in [-0.05, 0) is 29.8 Å². The first-order valence-corrected chi connectivity index (χ1v) is 9.75. The standard InChI is InChI=1S/C23H16BrN3O/c24-18-11-5-4-10-16(18)20-14-17(15-8-2-1-3-9-15)22(25-20)27-21-13-7-6-12-19(21)26-23(27)28/h1-14,25H,(H,26,28). The van der Waals surface area contributed by atoms with E-state index in [9.17, 15) is 4.79 Å². The predicted octanol–water partition coefficient (Wildman–Crippen LogP) is 5.74. The second kappa shape index (κ2) is 6.69. The van der Waals surface area contributed by atoms with E-state index >= 15 is 0 Å². The molecule has 2 aromatic heterocycles. The summed E-state index contributed by atoms with van der Waals surface area (Å²) < 4.78 is 2.70. The summed E-state index contributed by atoms with van der Waals surface area (Å²) in [5, 5.41) is 0. The van der Waals surface area contributed by atoms with E-state index in [0.717, 1.165) is 43.7 Å². The van der Waals surface area contributed by atoms with Gasteiger partial charge in [0.25, 0.3) is 0 Å². The lowest BCUT2D eigenvalue weighted by molar-refractivity contribution is 0.982. The molecule has 0 spiro atoms. The summed E-state index contributed by atoms with van der Waals surface area (Å²) in [6, 6.07) is 27.9. The van der Waals surface area contributed by atoms with Gasteiger partial charge in [-0.25, -0.2) is 9.36 Å². The third-order valence-corrected chi connectivity index (χ3v) is 5.55. The number of para-hydroxylation sites is 2. The molecule has 3 aromatic carbocycles. The van der Waals surface area contributed by atoms with Gasteiger partial charge in [-0.1, -0.05) is 76.6 Å². The van der Waals surface area contributed by atoms with E-state index in [1.54, 1.807) is 4.57 Å². The third-order valence-electron chi connectivity index (χ3n) is 4.86. The van der Waals surface area contributed by atoms with Crippen LogP contribution in [0.15, 0.2) is 94.2 Å². The van der Waals surface area contributed by atoms with Crippen molar-refractivity contribution >= 4 is 27.0 Å². The van der Waals surface area contributed by atoms with Gasteiger partial charge in [0.15, 0.2) is 0 Å². The SMILES string of the molecule is O=c1[nH]c2ccccc2n1-c1[nH]c(-c2ccccc2Br)cc1-c1ccccc1. The molecule has 28 heavy (non-hydrogen) atoms. The van der Waals surface area contributed by atoms with Crippen LogP contribution in [0.4, 0.5) is 0 Å². The average molecular weight is 430 g/mol. The molecule has 4 nitrogen and oxygen atoms in total. The molecule has 2 N–H and O–H groups in total. The Kier molecular flexibility index (Phi) is 4.02. The first kappa shape index (κ1) is 16.8. The Labute approximate surface area is 169 Å². The van der Waals surface area contributed by atoms with Gasteiger partial charge in [-0.15, -0.1) is 0 Å². The Hall–Kier alpha value is -3.31. The molecule has 5 rings (SSSR count). The summed E-state index contributed by atoms with van der Waals surface area (Å²) in [6.07, 6.45) is 0. The summed E-state index contributed by atoms with van der Waals surface area (Å²) >= 11 is 3.63. The molecule has 0 unspecified atom stereocenters. The molecule has 136 valence electrons. The van der Waals surface area contributed by atoms with Gasteiger partial charge in [-0.2, -0.15) is 0 Å². The van der Waals surface area contributed by atoms with Gasteiger partial charge in [0.05, 0.1) is 11.0 Å². The van der Waals surface area contributed by atoms with E-state index in [4.69, 9.17) is 0 Å². The zero-order valence-electron chi connectivity index (χ0n) is 14.8. The molecule has 0 bridgehead atoms. The molecule has 0 saturated carbocycles. The number of halogens is 1. The van der Waals surface area contributed by atoms with Crippen molar-refractivity contribution in [3.8, 4) is 28.2 Å². The highest BCUT2D eigenvalue weighted by molar-refractivity contribution is 9.10. The molecule has 5 aromatic rings. The van der Waals surface area contributed by atoms with Crippen molar-refractivity contribution in [2.45, 2.75) is 0 Å². The van der Waals surface area contributed by atoms with Crippen molar-refractivity contribution in [1.82, 2.24) is 14.5 Å². The van der Waals surface area contributed by atoms with Crippen LogP contribution in [0.25, 0.3) is 39.2 Å². The lowest BCUT2D eigenvalue weighted by Gasteiger charge is -2.06. The highest BCUT2D eigenvalue weighted by atomic mass is 79.9. The molecule has 2 heterocycles. The second-order valence-electron chi connectivity index (χ2n) is 6.57. The number of nitrogens with one attached hydrogen (secondary N) is 2. The number of aromatic amines is 2. The number of H-pyrrole nitrogens is 2. The number of fused-ring (bicyclic) bond motifs is 1. The van der Waals surface area contributed by atoms with Gasteiger partial charge in [0.2, 0.25) is 0 Å². The van der Waals surface area contributed by atoms with Crippen LogP contribution in [0.1, 0.15) is 0 Å². The number of benzene rings is 3. The zero-order chi connectivity index (χ0) is 19.1. The number of aromatic nitrogens is 3. The van der Waals surface area contributed by atoms with Crippen molar-refractivity contribution in [1.29, 1.82) is 0 Å². The second-order valence-corrected chi connectivity index (χ2v) is 7.43. The van der Waals surface area contributed by atoms with Crippen LogP contribution < -0.4 is 5.69 Å². The maximum atomic E-state index is 12.8. The summed E-state index contributed by atoms with van der Waals surface area (Å²) in [5.74, 6) is 0.749. The smallest absolute Gasteiger partial charge is 0.332 e. The van der Waals surface area contributed by atoms with Crippen LogP contribution in [0.5, 0.6) is 0 Å². The molecule has 5 heteroatoms. The minimum absolute atomic E-state index is 0.168. The van der Waals surface area contributed by atoms with Crippen LogP contribution in [-0.2, 0) is 0 Å². The van der Waals surface area contributed by atoms with E-state index < -0.39 is 0 Å². The average Bonchev–Trinajstić information content (AvgIpc) is 3.29. The highest BCUT2D eigenvalue weighted by Crippen LogP contribution is 2.35. The van der Waals surface area contributed by atoms with Crippen molar-refractivity contribution < 1.29 is 0 Å². The first-order valence-electron chi connectivity index (χ1n) is 8.96. The molecule has 0 fully saturated rings. The topological polar surface area (TPSA) is 53.6 Å². The molecular formula is C23H16BrN3O. The molecule has 0 atom stereocenters. The van der Waals surface area contributed by atoms with Gasteiger partial charge in [-0.3, -0.25) is 0 Å². The van der Waals surface area contributed by atoms with Crippen molar-refractivity contribution in [3.05, 3.63) is 99.9 Å². The Bertz CT molecular complexity index is 1350. The summed E-state index contributed by atoms with van der Waals surface area (Å²) in [7, 11) is 0. The first-order chi connectivity index (χ1) is 13.7. The number of rotatable bonds is 3. The van der Waals surface area contributed by atoms with Crippen molar-refractivity contribution in [2.75, 3.05) is 0 Å². The van der Waals surface area contributed by atoms with Gasteiger partial charge in [0, 0.05) is 21.3 Å². The Morgan fingerprint density at radius 3 is 2.29 bits per heavy atom. The van der Waals surface area contributed by atoms with Crippen LogP contribution in [0.3, 0.4) is 0 Å².